The van der Waals surface area contributed by atoms with E-state index in [1.54, 1.807) is 6.07 Å². The summed E-state index contributed by atoms with van der Waals surface area (Å²) >= 11 is 5.85. The van der Waals surface area contributed by atoms with Gasteiger partial charge in [0.25, 0.3) is 5.69 Å². The van der Waals surface area contributed by atoms with E-state index in [4.69, 9.17) is 16.3 Å². The molecule has 6 heteroatoms. The number of nitrogens with one attached hydrogen (secondary N) is 1. The van der Waals surface area contributed by atoms with E-state index in [1.807, 2.05) is 0 Å². The molecule has 0 bridgehead atoms. The Balaban J connectivity index is 2.36. The third-order valence-corrected chi connectivity index (χ3v) is 2.72. The fourth-order valence-corrected chi connectivity index (χ4v) is 1.92. The molecule has 1 saturated heterocycles. The molecule has 16 heavy (non-hydrogen) atoms. The molecule has 1 fully saturated rings. The van der Waals surface area contributed by atoms with Gasteiger partial charge in [-0.3, -0.25) is 10.1 Å². The Kier molecular flexibility index (Phi) is 3.38. The van der Waals surface area contributed by atoms with Gasteiger partial charge in [-0.05, 0) is 12.1 Å². The zero-order valence-corrected chi connectivity index (χ0v) is 9.24. The first-order chi connectivity index (χ1) is 7.68. The molecule has 1 aromatic rings. The molecule has 5 nitrogen and oxygen atoms in total. The van der Waals surface area contributed by atoms with Crippen LogP contribution < -0.4 is 5.32 Å². The predicted octanol–water partition coefficient (Wildman–Crippen LogP) is 1.91. The largest absolute Gasteiger partial charge is 0.378 e. The van der Waals surface area contributed by atoms with Crippen LogP contribution in [0.3, 0.4) is 0 Å². The molecule has 1 aromatic carbocycles. The average Bonchev–Trinajstić information content (AvgIpc) is 2.29. The monoisotopic (exact) mass is 242 g/mol. The number of nitro benzene ring substituents is 1. The number of hydrogen-bond donors (Lipinski definition) is 1. The number of morpholine rings is 1. The summed E-state index contributed by atoms with van der Waals surface area (Å²) in [5, 5.41) is 14.5. The maximum atomic E-state index is 10.9. The maximum absolute atomic E-state index is 10.9. The van der Waals surface area contributed by atoms with Crippen molar-refractivity contribution in [2.75, 3.05) is 19.8 Å². The summed E-state index contributed by atoms with van der Waals surface area (Å²) in [4.78, 5) is 10.5. The number of benzene rings is 1. The van der Waals surface area contributed by atoms with Crippen LogP contribution in [-0.4, -0.2) is 24.7 Å². The number of halogens is 1. The van der Waals surface area contributed by atoms with Crippen LogP contribution in [0.5, 0.6) is 0 Å². The number of ether oxygens (including phenoxy) is 1. The highest BCUT2D eigenvalue weighted by Gasteiger charge is 2.24. The molecule has 0 aliphatic carbocycles. The second-order valence-corrected chi connectivity index (χ2v) is 3.98. The third-order valence-electron chi connectivity index (χ3n) is 2.48. The van der Waals surface area contributed by atoms with Gasteiger partial charge in [-0.25, -0.2) is 0 Å². The van der Waals surface area contributed by atoms with Gasteiger partial charge in [0.1, 0.15) is 0 Å². The lowest BCUT2D eigenvalue weighted by atomic mass is 10.0. The van der Waals surface area contributed by atoms with Crippen LogP contribution in [0.2, 0.25) is 5.02 Å². The van der Waals surface area contributed by atoms with E-state index in [-0.39, 0.29) is 11.7 Å². The molecule has 1 unspecified atom stereocenters. The molecule has 0 spiro atoms. The molecule has 1 heterocycles. The zero-order valence-electron chi connectivity index (χ0n) is 8.48. The fourth-order valence-electron chi connectivity index (χ4n) is 1.74. The summed E-state index contributed by atoms with van der Waals surface area (Å²) in [5.74, 6) is 0. The quantitative estimate of drug-likeness (QED) is 0.636. The normalized spacial score (nSPS) is 20.7. The topological polar surface area (TPSA) is 64.4 Å². The summed E-state index contributed by atoms with van der Waals surface area (Å²) in [6.07, 6.45) is 0. The van der Waals surface area contributed by atoms with Gasteiger partial charge in [0.05, 0.1) is 29.7 Å². The Morgan fingerprint density at radius 3 is 3.00 bits per heavy atom. The van der Waals surface area contributed by atoms with Gasteiger partial charge in [-0.2, -0.15) is 0 Å². The second kappa shape index (κ2) is 4.78. The Labute approximate surface area is 97.5 Å². The lowest BCUT2D eigenvalue weighted by molar-refractivity contribution is -0.385. The first-order valence-electron chi connectivity index (χ1n) is 4.93. The lowest BCUT2D eigenvalue weighted by Gasteiger charge is -2.23. The van der Waals surface area contributed by atoms with Crippen molar-refractivity contribution in [3.63, 3.8) is 0 Å². The summed E-state index contributed by atoms with van der Waals surface area (Å²) in [7, 11) is 0. The minimum atomic E-state index is -0.401. The number of rotatable bonds is 2. The first-order valence-corrected chi connectivity index (χ1v) is 5.31. The summed E-state index contributed by atoms with van der Waals surface area (Å²) in [5.41, 5.74) is 0.657. The standard InChI is InChI=1S/C10H11ClN2O3/c11-7-1-2-10(13(14)15)8(5-7)9-6-16-4-3-12-9/h1-2,5,9,12H,3-4,6H2. The molecule has 0 amide bonds. The van der Waals surface area contributed by atoms with Gasteiger partial charge in [0.2, 0.25) is 0 Å². The Morgan fingerprint density at radius 1 is 1.56 bits per heavy atom. The Bertz CT molecular complexity index is 405. The smallest absolute Gasteiger partial charge is 0.274 e. The second-order valence-electron chi connectivity index (χ2n) is 3.54. The predicted molar refractivity (Wildman–Crippen MR) is 59.7 cm³/mol. The van der Waals surface area contributed by atoms with Crippen LogP contribution >= 0.6 is 11.6 Å². The van der Waals surface area contributed by atoms with Crippen LogP contribution in [0.15, 0.2) is 18.2 Å². The number of nitro groups is 1. The molecule has 1 N–H and O–H groups in total. The van der Waals surface area contributed by atoms with Crippen molar-refractivity contribution in [2.24, 2.45) is 0 Å². The Morgan fingerprint density at radius 2 is 2.38 bits per heavy atom. The van der Waals surface area contributed by atoms with Gasteiger partial charge in [0, 0.05) is 17.6 Å². The average molecular weight is 243 g/mol. The highest BCUT2D eigenvalue weighted by Crippen LogP contribution is 2.29. The van der Waals surface area contributed by atoms with Crippen LogP contribution in [0.25, 0.3) is 0 Å². The van der Waals surface area contributed by atoms with Crippen LogP contribution in [-0.2, 0) is 4.74 Å². The fraction of sp³-hybridized carbons (Fsp3) is 0.400. The molecular formula is C10H11ClN2O3. The molecule has 1 aliphatic heterocycles. The summed E-state index contributed by atoms with van der Waals surface area (Å²) in [6, 6.07) is 4.40. The van der Waals surface area contributed by atoms with Gasteiger partial charge in [0.15, 0.2) is 0 Å². The van der Waals surface area contributed by atoms with E-state index < -0.39 is 4.92 Å². The zero-order chi connectivity index (χ0) is 11.5. The Hall–Kier alpha value is -1.17. The first kappa shape index (κ1) is 11.3. The van der Waals surface area contributed by atoms with E-state index in [9.17, 15) is 10.1 Å². The van der Waals surface area contributed by atoms with Gasteiger partial charge < -0.3 is 10.1 Å². The van der Waals surface area contributed by atoms with Crippen molar-refractivity contribution in [3.8, 4) is 0 Å². The van der Waals surface area contributed by atoms with E-state index in [2.05, 4.69) is 5.32 Å². The minimum Gasteiger partial charge on any atom is -0.378 e. The third kappa shape index (κ3) is 2.32. The van der Waals surface area contributed by atoms with Crippen molar-refractivity contribution in [3.05, 3.63) is 38.9 Å². The van der Waals surface area contributed by atoms with E-state index >= 15 is 0 Å². The molecule has 1 aliphatic rings. The van der Waals surface area contributed by atoms with Gasteiger partial charge >= 0.3 is 0 Å². The van der Waals surface area contributed by atoms with E-state index in [1.165, 1.54) is 12.1 Å². The molecule has 0 aromatic heterocycles. The molecule has 2 rings (SSSR count). The van der Waals surface area contributed by atoms with Gasteiger partial charge in [-0.1, -0.05) is 11.6 Å². The van der Waals surface area contributed by atoms with Crippen molar-refractivity contribution in [1.29, 1.82) is 0 Å². The van der Waals surface area contributed by atoms with Crippen LogP contribution in [0.4, 0.5) is 5.69 Å². The van der Waals surface area contributed by atoms with E-state index in [0.717, 1.165) is 0 Å². The van der Waals surface area contributed by atoms with E-state index in [0.29, 0.717) is 30.3 Å². The molecule has 0 radical (unpaired) electrons. The lowest BCUT2D eigenvalue weighted by Crippen LogP contribution is -2.34. The maximum Gasteiger partial charge on any atom is 0.274 e. The molecule has 0 saturated carbocycles. The van der Waals surface area contributed by atoms with Crippen molar-refractivity contribution < 1.29 is 9.66 Å². The summed E-state index contributed by atoms with van der Waals surface area (Å²) in [6.45, 7) is 1.75. The molecule has 1 atom stereocenters. The minimum absolute atomic E-state index is 0.0763. The van der Waals surface area contributed by atoms with Crippen molar-refractivity contribution in [2.45, 2.75) is 6.04 Å². The molecule has 86 valence electrons. The number of hydrogen-bond acceptors (Lipinski definition) is 4. The van der Waals surface area contributed by atoms with Crippen molar-refractivity contribution >= 4 is 17.3 Å². The van der Waals surface area contributed by atoms with Crippen LogP contribution in [0.1, 0.15) is 11.6 Å². The van der Waals surface area contributed by atoms with Crippen LogP contribution in [0, 0.1) is 10.1 Å². The van der Waals surface area contributed by atoms with Gasteiger partial charge in [-0.15, -0.1) is 0 Å². The SMILES string of the molecule is O=[N+]([O-])c1ccc(Cl)cc1C1COCCN1. The number of nitrogens with zero attached hydrogens (tertiary/aromatic N) is 1. The summed E-state index contributed by atoms with van der Waals surface area (Å²) < 4.78 is 5.28. The van der Waals surface area contributed by atoms with Crippen molar-refractivity contribution in [1.82, 2.24) is 5.32 Å². The molecular weight excluding hydrogens is 232 g/mol. The highest BCUT2D eigenvalue weighted by molar-refractivity contribution is 6.30. The highest BCUT2D eigenvalue weighted by atomic mass is 35.5.